The highest BCUT2D eigenvalue weighted by atomic mass is 32.2. The fourth-order valence-electron chi connectivity index (χ4n) is 11.4. The third-order valence-corrected chi connectivity index (χ3v) is 18.8. The monoisotopic (exact) mass is 1220 g/mol. The van der Waals surface area contributed by atoms with Crippen LogP contribution in [0.2, 0.25) is 0 Å². The highest BCUT2D eigenvalue weighted by molar-refractivity contribution is 7.89. The molecule has 20 nitrogen and oxygen atoms in total. The third-order valence-electron chi connectivity index (χ3n) is 15.8. The van der Waals surface area contributed by atoms with Crippen LogP contribution in [-0.4, -0.2) is 182 Å². The Bertz CT molecular complexity index is 2920. The van der Waals surface area contributed by atoms with Gasteiger partial charge in [0.15, 0.2) is 0 Å². The molecule has 2 aliphatic carbocycles. The van der Waals surface area contributed by atoms with Crippen LogP contribution in [0, 0.1) is 0 Å². The van der Waals surface area contributed by atoms with Crippen molar-refractivity contribution in [2.45, 2.75) is 85.4 Å². The highest BCUT2D eigenvalue weighted by Gasteiger charge is 2.40. The zero-order valence-corrected chi connectivity index (χ0v) is 50.7. The number of hydrogen-bond acceptors (Lipinski definition) is 16. The lowest BCUT2D eigenvalue weighted by atomic mass is 10.0. The number of fused-ring (bicyclic) bond motifs is 2. The predicted octanol–water partition coefficient (Wildman–Crippen LogP) is 6.26. The van der Waals surface area contributed by atoms with Crippen LogP contribution in [0.25, 0.3) is 0 Å². The smallest absolute Gasteiger partial charge is 0.251 e. The molecule has 9 rings (SSSR count). The van der Waals surface area contributed by atoms with Crippen LogP contribution >= 0.6 is 0 Å². The molecule has 2 aliphatic heterocycles. The van der Waals surface area contributed by atoms with E-state index in [2.05, 4.69) is 66.3 Å². The first-order valence-corrected chi connectivity index (χ1v) is 33.3. The number of rotatable bonds is 36. The van der Waals surface area contributed by atoms with Gasteiger partial charge >= 0.3 is 0 Å². The Balaban J connectivity index is 0.540. The van der Waals surface area contributed by atoms with Gasteiger partial charge in [0.1, 0.15) is 23.7 Å². The molecule has 4 atom stereocenters. The molecule has 2 amide bonds. The van der Waals surface area contributed by atoms with Crippen LogP contribution in [0.4, 0.5) is 0 Å². The molecule has 0 bridgehead atoms. The number of nitrogens with one attached hydrogen (secondary N) is 4. The minimum absolute atomic E-state index is 0.101. The number of nitrogens with zero attached hydrogens (tertiary/aromatic N) is 2. The van der Waals surface area contributed by atoms with Crippen molar-refractivity contribution in [2.24, 2.45) is 0 Å². The van der Waals surface area contributed by atoms with Gasteiger partial charge < -0.3 is 48.5 Å². The van der Waals surface area contributed by atoms with Gasteiger partial charge in [0.25, 0.3) is 11.8 Å². The van der Waals surface area contributed by atoms with Crippen molar-refractivity contribution in [3.63, 3.8) is 0 Å². The lowest BCUT2D eigenvalue weighted by Crippen LogP contribution is -2.43. The van der Waals surface area contributed by atoms with Crippen molar-refractivity contribution in [2.75, 3.05) is 132 Å². The maximum atomic E-state index is 13.0. The van der Waals surface area contributed by atoms with Gasteiger partial charge in [0, 0.05) is 37.3 Å². The third kappa shape index (κ3) is 19.1. The van der Waals surface area contributed by atoms with Gasteiger partial charge in [-0.05, 0) is 154 Å². The van der Waals surface area contributed by atoms with Gasteiger partial charge in [0.2, 0.25) is 20.0 Å². The molecule has 2 saturated heterocycles. The topological polar surface area (TPSA) is 231 Å². The number of sulfonamides is 2. The molecule has 2 fully saturated rings. The fraction of sp³-hybridized carbons (Fsp3) is 0.500. The Morgan fingerprint density at radius 3 is 1.14 bits per heavy atom. The molecule has 4 N–H and O–H groups in total. The van der Waals surface area contributed by atoms with E-state index in [0.717, 1.165) is 39.0 Å². The molecule has 0 saturated carbocycles. The van der Waals surface area contributed by atoms with E-state index in [1.807, 2.05) is 12.1 Å². The van der Waals surface area contributed by atoms with Crippen LogP contribution in [0.3, 0.4) is 0 Å². The van der Waals surface area contributed by atoms with Crippen molar-refractivity contribution in [3.05, 3.63) is 155 Å². The Kier molecular flexibility index (Phi) is 25.2. The Morgan fingerprint density at radius 1 is 0.407 bits per heavy atom. The lowest BCUT2D eigenvalue weighted by molar-refractivity contribution is 0.0162. The van der Waals surface area contributed by atoms with E-state index in [1.165, 1.54) is 66.8 Å². The van der Waals surface area contributed by atoms with Crippen LogP contribution in [0.5, 0.6) is 11.5 Å². The number of likely N-dealkylation sites (tertiary alicyclic amines) is 2. The van der Waals surface area contributed by atoms with Gasteiger partial charge in [-0.25, -0.2) is 26.3 Å². The molecular formula is C64H84N6O14S2. The van der Waals surface area contributed by atoms with E-state index in [0.29, 0.717) is 62.3 Å². The normalized spacial score (nSPS) is 19.0. The minimum Gasteiger partial charge on any atom is -0.484 e. The summed E-state index contributed by atoms with van der Waals surface area (Å²) in [5.74, 6) is 0.579. The molecule has 86 heavy (non-hydrogen) atoms. The van der Waals surface area contributed by atoms with Crippen molar-refractivity contribution in [1.29, 1.82) is 0 Å². The van der Waals surface area contributed by atoms with E-state index in [9.17, 15) is 26.4 Å². The van der Waals surface area contributed by atoms with Crippen molar-refractivity contribution in [3.8, 4) is 11.5 Å². The summed E-state index contributed by atoms with van der Waals surface area (Å²) in [5.41, 5.74) is 5.68. The molecule has 0 radical (unpaired) electrons. The molecule has 0 unspecified atom stereocenters. The second-order valence-corrected chi connectivity index (χ2v) is 25.2. The number of piperidine rings is 2. The Morgan fingerprint density at radius 2 is 0.756 bits per heavy atom. The molecule has 4 aliphatic rings. The largest absolute Gasteiger partial charge is 0.484 e. The first-order chi connectivity index (χ1) is 42.0. The van der Waals surface area contributed by atoms with Crippen molar-refractivity contribution >= 4 is 31.9 Å². The fourth-order valence-corrected chi connectivity index (χ4v) is 13.4. The lowest BCUT2D eigenvalue weighted by Gasteiger charge is -2.35. The summed E-state index contributed by atoms with van der Waals surface area (Å²) in [7, 11) is -7.49. The van der Waals surface area contributed by atoms with E-state index in [4.69, 9.17) is 37.9 Å². The number of hydrogen-bond donors (Lipinski definition) is 4. The van der Waals surface area contributed by atoms with Crippen LogP contribution in [0.15, 0.2) is 131 Å². The number of ether oxygens (including phenoxy) is 8. The summed E-state index contributed by atoms with van der Waals surface area (Å²) in [5, 5.41) is 5.58. The van der Waals surface area contributed by atoms with Gasteiger partial charge in [-0.2, -0.15) is 0 Å². The van der Waals surface area contributed by atoms with Crippen LogP contribution in [0.1, 0.15) is 93.7 Å². The average Bonchev–Trinajstić information content (AvgIpc) is 2.11. The summed E-state index contributed by atoms with van der Waals surface area (Å²) < 4.78 is 104. The van der Waals surface area contributed by atoms with Crippen molar-refractivity contribution < 1.29 is 64.3 Å². The molecule has 5 aromatic rings. The van der Waals surface area contributed by atoms with E-state index in [1.54, 1.807) is 66.7 Å². The van der Waals surface area contributed by atoms with Crippen LogP contribution < -0.4 is 29.6 Å². The van der Waals surface area contributed by atoms with E-state index in [-0.39, 0.29) is 112 Å². The second-order valence-electron chi connectivity index (χ2n) is 21.7. The van der Waals surface area contributed by atoms with Gasteiger partial charge in [-0.1, -0.05) is 67.4 Å². The Labute approximate surface area is 507 Å². The number of carbonyl (C=O) groups is 2. The van der Waals surface area contributed by atoms with E-state index < -0.39 is 20.0 Å². The molecular weight excluding hydrogens is 1140 g/mol. The van der Waals surface area contributed by atoms with Gasteiger partial charge in [0.05, 0.1) is 101 Å². The summed E-state index contributed by atoms with van der Waals surface area (Å²) >= 11 is 0. The molecule has 22 heteroatoms. The Hall–Kier alpha value is -5.86. The van der Waals surface area contributed by atoms with Gasteiger partial charge in [-0.15, -0.1) is 0 Å². The van der Waals surface area contributed by atoms with Gasteiger partial charge in [-0.3, -0.25) is 19.4 Å². The standard InChI is InChI=1S/C64H84N6O14S2/c71-63(65-26-34-77-38-42-81-44-40-79-36-28-67-85(73,74)55-22-18-53(19-23-55)83-61-57-16-5-3-12-49(57)47-59(61)69-30-7-1-8-31-69)51-14-11-15-52(46-51)64(72)66-27-35-78-39-43-82-45-41-80-37-29-68-86(75,76)56-24-20-54(21-25-56)84-62-58-17-6-4-13-50(58)48-60(62)70-32-9-2-10-33-70/h3-6,11-25,46,59-62,67-68H,1-2,7-10,26-45,47-48H2,(H,65,71)(H,66,72)/t59-,60-,61-,62-/m0/s1. The summed E-state index contributed by atoms with van der Waals surface area (Å²) in [6, 6.07) is 37.0. The minimum atomic E-state index is -3.75. The maximum absolute atomic E-state index is 13.0. The van der Waals surface area contributed by atoms with Crippen LogP contribution in [-0.2, 0) is 61.3 Å². The zero-order chi connectivity index (χ0) is 59.8. The molecule has 0 aromatic heterocycles. The second kappa shape index (κ2) is 33.5. The number of amides is 2. The number of benzene rings is 5. The molecule has 466 valence electrons. The molecule has 0 spiro atoms. The molecule has 2 heterocycles. The first-order valence-electron chi connectivity index (χ1n) is 30.3. The average molecular weight is 1230 g/mol. The quantitative estimate of drug-likeness (QED) is 0.0324. The zero-order valence-electron chi connectivity index (χ0n) is 49.1. The predicted molar refractivity (Wildman–Crippen MR) is 325 cm³/mol. The SMILES string of the molecule is O=C(NCCOCCOCCOCCNS(=O)(=O)c1ccc(O[C@H]2c3ccccc3C[C@@H]2N2CCCCC2)cc1)c1cccc(C(=O)NCCOCCOCCOCCNS(=O)(=O)c2ccc(O[C@H]3c4ccccc4C[C@@H]3N3CCCCC3)cc2)c1. The first kappa shape index (κ1) is 64.6. The summed E-state index contributed by atoms with van der Waals surface area (Å²) in [6.45, 7) is 8.20. The maximum Gasteiger partial charge on any atom is 0.251 e. The van der Waals surface area contributed by atoms with Crippen molar-refractivity contribution in [1.82, 2.24) is 29.9 Å². The summed E-state index contributed by atoms with van der Waals surface area (Å²) in [4.78, 5) is 31.0. The molecule has 5 aromatic carbocycles. The van der Waals surface area contributed by atoms with E-state index >= 15 is 0 Å². The highest BCUT2D eigenvalue weighted by Crippen LogP contribution is 2.41. The number of carbonyl (C=O) groups excluding carboxylic acids is 2. The summed E-state index contributed by atoms with van der Waals surface area (Å²) in [6.07, 6.45) is 8.98.